The van der Waals surface area contributed by atoms with Crippen LogP contribution in [0.4, 0.5) is 0 Å². The third-order valence-corrected chi connectivity index (χ3v) is 5.49. The van der Waals surface area contributed by atoms with Gasteiger partial charge in [0.1, 0.15) is 11.9 Å². The first-order valence-corrected chi connectivity index (χ1v) is 10.6. The van der Waals surface area contributed by atoms with E-state index in [2.05, 4.69) is 10.3 Å². The molecule has 0 saturated heterocycles. The molecule has 0 saturated carbocycles. The lowest BCUT2D eigenvalue weighted by atomic mass is 10.1. The summed E-state index contributed by atoms with van der Waals surface area (Å²) in [5, 5.41) is 3.10. The molecule has 4 aromatic rings. The second kappa shape index (κ2) is 9.04. The lowest BCUT2D eigenvalue weighted by molar-refractivity contribution is -0.121. The highest BCUT2D eigenvalue weighted by Gasteiger charge is 2.21. The minimum Gasteiger partial charge on any atom is -0.342 e. The summed E-state index contributed by atoms with van der Waals surface area (Å²) >= 11 is 0. The van der Waals surface area contributed by atoms with Gasteiger partial charge < -0.3 is 9.88 Å². The van der Waals surface area contributed by atoms with Crippen molar-refractivity contribution >= 4 is 16.9 Å². The van der Waals surface area contributed by atoms with E-state index >= 15 is 0 Å². The van der Waals surface area contributed by atoms with Crippen LogP contribution in [0.2, 0.25) is 0 Å². The van der Waals surface area contributed by atoms with Crippen molar-refractivity contribution in [3.8, 4) is 0 Å². The van der Waals surface area contributed by atoms with Gasteiger partial charge in [0.2, 0.25) is 5.91 Å². The fourth-order valence-corrected chi connectivity index (χ4v) is 3.97. The Morgan fingerprint density at radius 2 is 1.65 bits per heavy atom. The summed E-state index contributed by atoms with van der Waals surface area (Å²) < 4.78 is 5.39. The number of para-hydroxylation sites is 2. The van der Waals surface area contributed by atoms with Gasteiger partial charge in [-0.25, -0.2) is 9.78 Å². The van der Waals surface area contributed by atoms with Crippen LogP contribution < -0.4 is 11.0 Å². The summed E-state index contributed by atoms with van der Waals surface area (Å²) in [6, 6.07) is 17.2. The molecule has 7 heteroatoms. The fourth-order valence-electron chi connectivity index (χ4n) is 3.97. The molecule has 7 nitrogen and oxygen atoms in total. The Labute approximate surface area is 181 Å². The summed E-state index contributed by atoms with van der Waals surface area (Å²) in [6.45, 7) is 3.03. The van der Waals surface area contributed by atoms with E-state index in [1.165, 1.54) is 0 Å². The van der Waals surface area contributed by atoms with Gasteiger partial charge in [-0.15, -0.1) is 0 Å². The third-order valence-electron chi connectivity index (χ3n) is 5.49. The quantitative estimate of drug-likeness (QED) is 0.478. The maximum atomic E-state index is 12.9. The van der Waals surface area contributed by atoms with Crippen LogP contribution in [0.3, 0.4) is 0 Å². The normalized spacial score (nSPS) is 12.2. The number of amides is 1. The van der Waals surface area contributed by atoms with Gasteiger partial charge >= 0.3 is 5.69 Å². The molecule has 0 aliphatic heterocycles. The van der Waals surface area contributed by atoms with E-state index in [4.69, 9.17) is 0 Å². The Balaban J connectivity index is 1.56. The average Bonchev–Trinajstić information content (AvgIpc) is 3.33. The number of hydrogen-bond acceptors (Lipinski definition) is 3. The molecule has 4 rings (SSSR count). The second-order valence-electron chi connectivity index (χ2n) is 7.63. The molecule has 160 valence electrons. The molecule has 1 unspecified atom stereocenters. The van der Waals surface area contributed by atoms with Crippen molar-refractivity contribution in [2.45, 2.75) is 38.9 Å². The first-order valence-electron chi connectivity index (χ1n) is 10.6. The van der Waals surface area contributed by atoms with Gasteiger partial charge in [0, 0.05) is 39.0 Å². The van der Waals surface area contributed by atoms with Crippen LogP contribution in [-0.4, -0.2) is 24.6 Å². The number of nitrogens with zero attached hydrogens (tertiary/aromatic N) is 4. The summed E-state index contributed by atoms with van der Waals surface area (Å²) in [7, 11) is 1.91. The summed E-state index contributed by atoms with van der Waals surface area (Å²) in [6.07, 6.45) is 4.66. The molecule has 2 aromatic heterocycles. The second-order valence-corrected chi connectivity index (χ2v) is 7.63. The van der Waals surface area contributed by atoms with Crippen molar-refractivity contribution in [1.82, 2.24) is 24.0 Å². The lowest BCUT2D eigenvalue weighted by Gasteiger charge is -2.19. The molecule has 2 aromatic carbocycles. The summed E-state index contributed by atoms with van der Waals surface area (Å²) in [5.41, 5.74) is 2.66. The maximum Gasteiger partial charge on any atom is 0.329 e. The molecule has 1 amide bonds. The van der Waals surface area contributed by atoms with E-state index in [1.54, 1.807) is 15.3 Å². The molecule has 0 aliphatic rings. The number of hydrogen-bond donors (Lipinski definition) is 1. The molecule has 31 heavy (non-hydrogen) atoms. The minimum atomic E-state index is -0.355. The Bertz CT molecular complexity index is 1240. The number of nitrogens with one attached hydrogen (secondary N) is 1. The van der Waals surface area contributed by atoms with Crippen LogP contribution >= 0.6 is 0 Å². The molecule has 0 aliphatic carbocycles. The topological polar surface area (TPSA) is 73.8 Å². The molecule has 2 heterocycles. The van der Waals surface area contributed by atoms with E-state index in [1.807, 2.05) is 79.3 Å². The maximum absolute atomic E-state index is 12.9. The first-order chi connectivity index (χ1) is 15.1. The number of aromatic nitrogens is 4. The predicted molar refractivity (Wildman–Crippen MR) is 121 cm³/mol. The standard InChI is InChI=1S/C24H27N5O2/c1-3-15-28-19-11-7-8-12-20(19)29(24(28)31)16-13-21(30)26-22(18-9-5-4-6-10-18)23-25-14-17-27(23)2/h4-12,14,17,22H,3,13,15-16H2,1-2H3,(H,26,30). The van der Waals surface area contributed by atoms with Gasteiger partial charge in [-0.05, 0) is 24.1 Å². The summed E-state index contributed by atoms with van der Waals surface area (Å²) in [4.78, 5) is 30.3. The van der Waals surface area contributed by atoms with Gasteiger partial charge in [-0.2, -0.15) is 0 Å². The Morgan fingerprint density at radius 3 is 2.26 bits per heavy atom. The molecular weight excluding hydrogens is 390 g/mol. The van der Waals surface area contributed by atoms with Gasteiger partial charge in [-0.3, -0.25) is 13.9 Å². The highest BCUT2D eigenvalue weighted by Crippen LogP contribution is 2.20. The molecular formula is C24H27N5O2. The van der Waals surface area contributed by atoms with Crippen LogP contribution in [0.25, 0.3) is 11.0 Å². The Kier molecular flexibility index (Phi) is 6.02. The van der Waals surface area contributed by atoms with Crippen molar-refractivity contribution in [3.63, 3.8) is 0 Å². The molecule has 1 N–H and O–H groups in total. The van der Waals surface area contributed by atoms with Crippen molar-refractivity contribution < 1.29 is 4.79 Å². The summed E-state index contributed by atoms with van der Waals surface area (Å²) in [5.74, 6) is 0.632. The van der Waals surface area contributed by atoms with Crippen LogP contribution in [0.1, 0.15) is 37.2 Å². The fraction of sp³-hybridized carbons (Fsp3) is 0.292. The first kappa shape index (κ1) is 20.7. The van der Waals surface area contributed by atoms with Crippen LogP contribution in [0, 0.1) is 0 Å². The Morgan fingerprint density at radius 1 is 1.00 bits per heavy atom. The Hall–Kier alpha value is -3.61. The predicted octanol–water partition coefficient (Wildman–Crippen LogP) is 3.24. The van der Waals surface area contributed by atoms with Crippen molar-refractivity contribution in [2.24, 2.45) is 7.05 Å². The molecule has 0 fully saturated rings. The van der Waals surface area contributed by atoms with Crippen molar-refractivity contribution in [3.05, 3.63) is 88.9 Å². The molecule has 0 bridgehead atoms. The SMILES string of the molecule is CCCn1c(=O)n(CCC(=O)NC(c2ccccc2)c2nccn2C)c2ccccc21. The van der Waals surface area contributed by atoms with E-state index in [9.17, 15) is 9.59 Å². The zero-order chi connectivity index (χ0) is 21.8. The van der Waals surface area contributed by atoms with Crippen molar-refractivity contribution in [2.75, 3.05) is 0 Å². The molecule has 1 atom stereocenters. The largest absolute Gasteiger partial charge is 0.342 e. The number of carbonyl (C=O) groups is 1. The number of benzene rings is 2. The zero-order valence-corrected chi connectivity index (χ0v) is 17.9. The lowest BCUT2D eigenvalue weighted by Crippen LogP contribution is -2.33. The van der Waals surface area contributed by atoms with E-state index < -0.39 is 0 Å². The van der Waals surface area contributed by atoms with E-state index in [-0.39, 0.29) is 24.1 Å². The van der Waals surface area contributed by atoms with Gasteiger partial charge in [0.15, 0.2) is 0 Å². The third kappa shape index (κ3) is 4.17. The number of fused-ring (bicyclic) bond motifs is 1. The van der Waals surface area contributed by atoms with Gasteiger partial charge in [0.05, 0.1) is 11.0 Å². The molecule has 0 radical (unpaired) electrons. The van der Waals surface area contributed by atoms with Crippen LogP contribution in [0.15, 0.2) is 71.8 Å². The monoisotopic (exact) mass is 417 g/mol. The number of aryl methyl sites for hydroxylation is 3. The minimum absolute atomic E-state index is 0.0699. The number of imidazole rings is 2. The highest BCUT2D eigenvalue weighted by atomic mass is 16.2. The van der Waals surface area contributed by atoms with Gasteiger partial charge in [-0.1, -0.05) is 49.4 Å². The number of carbonyl (C=O) groups excluding carboxylic acids is 1. The van der Waals surface area contributed by atoms with Crippen molar-refractivity contribution in [1.29, 1.82) is 0 Å². The van der Waals surface area contributed by atoms with Crippen LogP contribution in [-0.2, 0) is 24.9 Å². The van der Waals surface area contributed by atoms with E-state index in [0.29, 0.717) is 13.1 Å². The molecule has 0 spiro atoms. The van der Waals surface area contributed by atoms with Gasteiger partial charge in [0.25, 0.3) is 0 Å². The zero-order valence-electron chi connectivity index (χ0n) is 17.9. The average molecular weight is 418 g/mol. The smallest absolute Gasteiger partial charge is 0.329 e. The van der Waals surface area contributed by atoms with Crippen LogP contribution in [0.5, 0.6) is 0 Å². The highest BCUT2D eigenvalue weighted by molar-refractivity contribution is 5.78. The number of rotatable bonds is 8. The van der Waals surface area contributed by atoms with E-state index in [0.717, 1.165) is 28.8 Å².